The zero-order valence-electron chi connectivity index (χ0n) is 18.1. The number of esters is 1. The summed E-state index contributed by atoms with van der Waals surface area (Å²) in [5, 5.41) is 5.62. The number of anilines is 1. The van der Waals surface area contributed by atoms with Gasteiger partial charge in [0.2, 0.25) is 0 Å². The van der Waals surface area contributed by atoms with Crippen LogP contribution in [-0.4, -0.2) is 48.6 Å². The Morgan fingerprint density at radius 2 is 2.06 bits per heavy atom. The summed E-state index contributed by atoms with van der Waals surface area (Å²) >= 11 is 6.50. The molecule has 4 aromatic rings. The second-order valence-electron chi connectivity index (χ2n) is 8.10. The summed E-state index contributed by atoms with van der Waals surface area (Å²) in [6.45, 7) is 0. The molecule has 172 valence electrons. The Balaban J connectivity index is 1.63. The van der Waals surface area contributed by atoms with Gasteiger partial charge in [0.1, 0.15) is 17.5 Å². The van der Waals surface area contributed by atoms with Crippen LogP contribution in [0.4, 0.5) is 5.82 Å². The SMILES string of the molecule is Cn1ccc(-c2nc(N)c(C(=O)OC3CC(=O)C(N)C3)nc2-c2cc(Cl)c3ncccc3c2)n1. The van der Waals surface area contributed by atoms with E-state index in [2.05, 4.69) is 20.1 Å². The van der Waals surface area contributed by atoms with Gasteiger partial charge in [0.25, 0.3) is 0 Å². The number of aromatic nitrogens is 5. The summed E-state index contributed by atoms with van der Waals surface area (Å²) in [7, 11) is 1.78. The predicted octanol–water partition coefficient (Wildman–Crippen LogP) is 2.54. The van der Waals surface area contributed by atoms with E-state index >= 15 is 0 Å². The molecule has 1 aliphatic rings. The minimum absolute atomic E-state index is 0.0619. The number of fused-ring (bicyclic) bond motifs is 1. The smallest absolute Gasteiger partial charge is 0.361 e. The molecule has 3 heterocycles. The average molecular weight is 478 g/mol. The predicted molar refractivity (Wildman–Crippen MR) is 126 cm³/mol. The molecule has 0 amide bonds. The third kappa shape index (κ3) is 3.97. The van der Waals surface area contributed by atoms with Crippen LogP contribution in [0.3, 0.4) is 0 Å². The van der Waals surface area contributed by atoms with Crippen molar-refractivity contribution in [3.8, 4) is 22.6 Å². The number of halogens is 1. The third-order valence-corrected chi connectivity index (χ3v) is 5.93. The van der Waals surface area contributed by atoms with Crippen molar-refractivity contribution in [2.24, 2.45) is 12.8 Å². The van der Waals surface area contributed by atoms with Gasteiger partial charge in [-0.05, 0) is 24.3 Å². The van der Waals surface area contributed by atoms with Crippen LogP contribution in [-0.2, 0) is 16.6 Å². The van der Waals surface area contributed by atoms with E-state index in [0.717, 1.165) is 5.39 Å². The number of rotatable bonds is 4. The Morgan fingerprint density at radius 3 is 2.76 bits per heavy atom. The number of carbonyl (C=O) groups excluding carboxylic acids is 2. The van der Waals surface area contributed by atoms with Crippen LogP contribution in [0.1, 0.15) is 23.3 Å². The maximum Gasteiger partial charge on any atom is 0.361 e. The van der Waals surface area contributed by atoms with Crippen LogP contribution in [0.5, 0.6) is 0 Å². The molecule has 1 fully saturated rings. The average Bonchev–Trinajstić information content (AvgIpc) is 3.37. The van der Waals surface area contributed by atoms with E-state index in [-0.39, 0.29) is 30.1 Å². The number of carbonyl (C=O) groups is 2. The van der Waals surface area contributed by atoms with E-state index < -0.39 is 18.1 Å². The molecule has 2 unspecified atom stereocenters. The first-order valence-corrected chi connectivity index (χ1v) is 10.9. The summed E-state index contributed by atoms with van der Waals surface area (Å²) in [4.78, 5) is 38.0. The molecule has 0 aliphatic heterocycles. The van der Waals surface area contributed by atoms with Crippen LogP contribution < -0.4 is 11.5 Å². The number of pyridine rings is 1. The summed E-state index contributed by atoms with van der Waals surface area (Å²) in [6.07, 6.45) is 3.10. The first-order chi connectivity index (χ1) is 16.3. The quantitative estimate of drug-likeness (QED) is 0.422. The highest BCUT2D eigenvalue weighted by atomic mass is 35.5. The minimum atomic E-state index is -0.778. The number of benzene rings is 1. The number of nitrogens with two attached hydrogens (primary N) is 2. The second-order valence-corrected chi connectivity index (χ2v) is 8.51. The van der Waals surface area contributed by atoms with Crippen LogP contribution >= 0.6 is 11.6 Å². The first kappa shape index (κ1) is 21.9. The number of aryl methyl sites for hydroxylation is 1. The van der Waals surface area contributed by atoms with E-state index in [1.54, 1.807) is 42.3 Å². The maximum atomic E-state index is 12.9. The van der Waals surface area contributed by atoms with Crippen LogP contribution in [0, 0.1) is 0 Å². The van der Waals surface area contributed by atoms with Crippen molar-refractivity contribution >= 4 is 40.1 Å². The molecule has 0 spiro atoms. The molecule has 10 nitrogen and oxygen atoms in total. The van der Waals surface area contributed by atoms with Crippen molar-refractivity contribution in [2.45, 2.75) is 25.0 Å². The molecular formula is C23H20ClN7O3. The second kappa shape index (κ2) is 8.47. The molecule has 1 aromatic carbocycles. The van der Waals surface area contributed by atoms with Gasteiger partial charge in [-0.15, -0.1) is 0 Å². The standard InChI is InChI=1S/C23H20ClN7O3/c1-31-6-4-16(30-31)20-19(12-7-11-3-2-5-27-18(11)14(24)8-12)28-21(22(26)29-20)23(33)34-13-9-15(25)17(32)10-13/h2-8,13,15H,9-10,25H2,1H3,(H2,26,29). The highest BCUT2D eigenvalue weighted by Gasteiger charge is 2.33. The molecule has 2 atom stereocenters. The molecule has 4 N–H and O–H groups in total. The molecule has 5 rings (SSSR count). The number of hydrogen-bond acceptors (Lipinski definition) is 9. The lowest BCUT2D eigenvalue weighted by molar-refractivity contribution is -0.118. The van der Waals surface area contributed by atoms with Gasteiger partial charge in [-0.2, -0.15) is 5.10 Å². The highest BCUT2D eigenvalue weighted by Crippen LogP contribution is 2.34. The van der Waals surface area contributed by atoms with Gasteiger partial charge in [-0.1, -0.05) is 17.7 Å². The van der Waals surface area contributed by atoms with E-state index in [4.69, 9.17) is 27.8 Å². The molecule has 0 bridgehead atoms. The van der Waals surface area contributed by atoms with Gasteiger partial charge in [-0.25, -0.2) is 14.8 Å². The Kier molecular flexibility index (Phi) is 5.46. The van der Waals surface area contributed by atoms with E-state index in [1.165, 1.54) is 0 Å². The number of nitrogens with zero attached hydrogens (tertiary/aromatic N) is 5. The Bertz CT molecular complexity index is 1450. The lowest BCUT2D eigenvalue weighted by atomic mass is 10.0. The maximum absolute atomic E-state index is 12.9. The molecule has 1 aliphatic carbocycles. The Labute approximate surface area is 198 Å². The van der Waals surface area contributed by atoms with E-state index in [0.29, 0.717) is 33.2 Å². The summed E-state index contributed by atoms with van der Waals surface area (Å²) in [6, 6.07) is 8.35. The molecular weight excluding hydrogens is 458 g/mol. The van der Waals surface area contributed by atoms with Crippen LogP contribution in [0.2, 0.25) is 5.02 Å². The fraction of sp³-hybridized carbons (Fsp3) is 0.217. The Hall–Kier alpha value is -3.89. The van der Waals surface area contributed by atoms with Crippen molar-refractivity contribution in [2.75, 3.05) is 5.73 Å². The van der Waals surface area contributed by atoms with Gasteiger partial charge < -0.3 is 16.2 Å². The van der Waals surface area contributed by atoms with Crippen molar-refractivity contribution in [1.29, 1.82) is 0 Å². The van der Waals surface area contributed by atoms with Crippen LogP contribution in [0.25, 0.3) is 33.5 Å². The molecule has 34 heavy (non-hydrogen) atoms. The zero-order chi connectivity index (χ0) is 24.0. The van der Waals surface area contributed by atoms with Gasteiger partial charge in [0.15, 0.2) is 17.3 Å². The van der Waals surface area contributed by atoms with Gasteiger partial charge >= 0.3 is 5.97 Å². The highest BCUT2D eigenvalue weighted by molar-refractivity contribution is 6.35. The van der Waals surface area contributed by atoms with Gasteiger partial charge in [-0.3, -0.25) is 14.5 Å². The van der Waals surface area contributed by atoms with Crippen LogP contribution in [0.15, 0.2) is 42.7 Å². The molecule has 0 radical (unpaired) electrons. The lowest BCUT2D eigenvalue weighted by Crippen LogP contribution is -2.24. The van der Waals surface area contributed by atoms with Gasteiger partial charge in [0.05, 0.1) is 22.3 Å². The van der Waals surface area contributed by atoms with Gasteiger partial charge in [0, 0.05) is 43.2 Å². The number of nitrogen functional groups attached to an aromatic ring is 1. The van der Waals surface area contributed by atoms with E-state index in [1.807, 2.05) is 12.1 Å². The van der Waals surface area contributed by atoms with Crippen molar-refractivity contribution in [1.82, 2.24) is 24.7 Å². The summed E-state index contributed by atoms with van der Waals surface area (Å²) in [5.41, 5.74) is 14.2. The zero-order valence-corrected chi connectivity index (χ0v) is 18.9. The summed E-state index contributed by atoms with van der Waals surface area (Å²) in [5.74, 6) is -1.04. The topological polar surface area (TPSA) is 152 Å². The van der Waals surface area contributed by atoms with Crippen molar-refractivity contribution in [3.05, 3.63) is 53.4 Å². The third-order valence-electron chi connectivity index (χ3n) is 5.64. The van der Waals surface area contributed by atoms with Crippen molar-refractivity contribution < 1.29 is 14.3 Å². The molecule has 11 heteroatoms. The molecule has 1 saturated carbocycles. The fourth-order valence-corrected chi connectivity index (χ4v) is 4.25. The number of ketones is 1. The fourth-order valence-electron chi connectivity index (χ4n) is 3.98. The minimum Gasteiger partial charge on any atom is -0.457 e. The molecule has 0 saturated heterocycles. The largest absolute Gasteiger partial charge is 0.457 e. The van der Waals surface area contributed by atoms with Crippen molar-refractivity contribution in [3.63, 3.8) is 0 Å². The normalized spacial score (nSPS) is 17.9. The monoisotopic (exact) mass is 477 g/mol. The summed E-state index contributed by atoms with van der Waals surface area (Å²) < 4.78 is 7.10. The van der Waals surface area contributed by atoms with E-state index in [9.17, 15) is 9.59 Å². The Morgan fingerprint density at radius 1 is 1.24 bits per heavy atom. The number of Topliss-reactive ketones (excluding diaryl/α,β-unsaturated/α-hetero) is 1. The first-order valence-electron chi connectivity index (χ1n) is 10.5. The number of hydrogen-bond donors (Lipinski definition) is 2. The lowest BCUT2D eigenvalue weighted by Gasteiger charge is -2.14. The molecule has 3 aromatic heterocycles. The number of ether oxygens (including phenoxy) is 1.